The van der Waals surface area contributed by atoms with Gasteiger partial charge < -0.3 is 5.32 Å². The highest BCUT2D eigenvalue weighted by molar-refractivity contribution is 6.08. The number of rotatable bonds is 4. The van der Waals surface area contributed by atoms with Crippen LogP contribution in [-0.4, -0.2) is 26.7 Å². The van der Waals surface area contributed by atoms with Crippen molar-refractivity contribution in [2.45, 2.75) is 38.3 Å². The standard InChI is InChI=1S/C23H20F2N4O/c24-15-7-5-14(6-8-15)22-19-12-26-20-10-9-16(25)11-18(20)23(19)29(28-22)13-21(30)27-17-3-1-2-4-17/h5-12,17H,1-4,13H2,(H,27,30). The van der Waals surface area contributed by atoms with Crippen LogP contribution in [0.15, 0.2) is 48.7 Å². The number of amides is 1. The van der Waals surface area contributed by atoms with E-state index in [2.05, 4.69) is 15.4 Å². The van der Waals surface area contributed by atoms with E-state index in [0.29, 0.717) is 33.1 Å². The quantitative estimate of drug-likeness (QED) is 0.539. The second kappa shape index (κ2) is 7.48. The Morgan fingerprint density at radius 2 is 1.77 bits per heavy atom. The molecule has 152 valence electrons. The Morgan fingerprint density at radius 1 is 1.03 bits per heavy atom. The summed E-state index contributed by atoms with van der Waals surface area (Å²) < 4.78 is 29.0. The van der Waals surface area contributed by atoms with Crippen molar-refractivity contribution in [2.24, 2.45) is 0 Å². The second-order valence-electron chi connectivity index (χ2n) is 7.74. The highest BCUT2D eigenvalue weighted by Gasteiger charge is 2.21. The van der Waals surface area contributed by atoms with E-state index in [9.17, 15) is 13.6 Å². The number of halogens is 2. The average Bonchev–Trinajstić information content (AvgIpc) is 3.36. The molecule has 7 heteroatoms. The molecule has 0 bridgehead atoms. The zero-order valence-electron chi connectivity index (χ0n) is 16.2. The molecule has 5 nitrogen and oxygen atoms in total. The Kier molecular flexibility index (Phi) is 4.65. The summed E-state index contributed by atoms with van der Waals surface area (Å²) in [4.78, 5) is 17.1. The average molecular weight is 406 g/mol. The Hall–Kier alpha value is -3.35. The SMILES string of the molecule is O=C(Cn1nc(-c2ccc(F)cc2)c2cnc3ccc(F)cc3c21)NC1CCCC1. The topological polar surface area (TPSA) is 59.8 Å². The third-order valence-corrected chi connectivity index (χ3v) is 5.67. The molecule has 0 unspecified atom stereocenters. The van der Waals surface area contributed by atoms with Gasteiger partial charge in [-0.2, -0.15) is 5.10 Å². The fraction of sp³-hybridized carbons (Fsp3) is 0.261. The van der Waals surface area contributed by atoms with Crippen LogP contribution in [0, 0.1) is 11.6 Å². The van der Waals surface area contributed by atoms with E-state index >= 15 is 0 Å². The first-order chi connectivity index (χ1) is 14.6. The van der Waals surface area contributed by atoms with Crippen molar-refractivity contribution >= 4 is 27.7 Å². The Bertz CT molecular complexity index is 1240. The fourth-order valence-corrected chi connectivity index (χ4v) is 4.24. The van der Waals surface area contributed by atoms with Gasteiger partial charge in [0.15, 0.2) is 0 Å². The maximum absolute atomic E-state index is 14.0. The van der Waals surface area contributed by atoms with E-state index in [0.717, 1.165) is 25.7 Å². The summed E-state index contributed by atoms with van der Waals surface area (Å²) in [6.45, 7) is 0.0177. The number of nitrogens with one attached hydrogen (secondary N) is 1. The van der Waals surface area contributed by atoms with Crippen LogP contribution < -0.4 is 5.32 Å². The van der Waals surface area contributed by atoms with Gasteiger partial charge in [0.05, 0.1) is 11.0 Å². The van der Waals surface area contributed by atoms with Gasteiger partial charge in [-0.1, -0.05) is 12.8 Å². The zero-order valence-corrected chi connectivity index (χ0v) is 16.2. The molecule has 5 rings (SSSR count). The third kappa shape index (κ3) is 3.40. The molecule has 1 aliphatic rings. The lowest BCUT2D eigenvalue weighted by Gasteiger charge is -2.12. The molecule has 0 aliphatic heterocycles. The van der Waals surface area contributed by atoms with Gasteiger partial charge in [-0.15, -0.1) is 0 Å². The monoisotopic (exact) mass is 406 g/mol. The summed E-state index contributed by atoms with van der Waals surface area (Å²) >= 11 is 0. The van der Waals surface area contributed by atoms with Crippen molar-refractivity contribution in [3.8, 4) is 11.3 Å². The van der Waals surface area contributed by atoms with Gasteiger partial charge in [0, 0.05) is 28.6 Å². The van der Waals surface area contributed by atoms with Crippen molar-refractivity contribution in [2.75, 3.05) is 0 Å². The number of hydrogen-bond acceptors (Lipinski definition) is 3. The van der Waals surface area contributed by atoms with Gasteiger partial charge in [0.2, 0.25) is 5.91 Å². The van der Waals surface area contributed by atoms with Crippen LogP contribution in [0.4, 0.5) is 8.78 Å². The molecular formula is C23H20F2N4O. The predicted molar refractivity (Wildman–Crippen MR) is 111 cm³/mol. The van der Waals surface area contributed by atoms with Crippen molar-refractivity contribution in [1.29, 1.82) is 0 Å². The first-order valence-corrected chi connectivity index (χ1v) is 10.1. The largest absolute Gasteiger partial charge is 0.352 e. The van der Waals surface area contributed by atoms with Gasteiger partial charge in [0.25, 0.3) is 0 Å². The number of carbonyl (C=O) groups is 1. The Morgan fingerprint density at radius 3 is 2.53 bits per heavy atom. The minimum Gasteiger partial charge on any atom is -0.352 e. The number of pyridine rings is 1. The van der Waals surface area contributed by atoms with Gasteiger partial charge in [-0.3, -0.25) is 14.5 Å². The molecule has 1 saturated carbocycles. The van der Waals surface area contributed by atoms with Crippen molar-refractivity contribution < 1.29 is 13.6 Å². The van der Waals surface area contributed by atoms with E-state index in [1.54, 1.807) is 29.1 Å². The molecule has 1 N–H and O–H groups in total. The lowest BCUT2D eigenvalue weighted by Crippen LogP contribution is -2.35. The van der Waals surface area contributed by atoms with Crippen molar-refractivity contribution in [1.82, 2.24) is 20.1 Å². The molecule has 0 spiro atoms. The van der Waals surface area contributed by atoms with Crippen LogP contribution >= 0.6 is 0 Å². The Balaban J connectivity index is 1.64. The van der Waals surface area contributed by atoms with E-state index in [-0.39, 0.29) is 30.1 Å². The van der Waals surface area contributed by atoms with Crippen molar-refractivity contribution in [3.63, 3.8) is 0 Å². The normalized spacial score (nSPS) is 14.6. The van der Waals surface area contributed by atoms with Gasteiger partial charge >= 0.3 is 0 Å². The van der Waals surface area contributed by atoms with Gasteiger partial charge in [-0.25, -0.2) is 8.78 Å². The molecule has 30 heavy (non-hydrogen) atoms. The summed E-state index contributed by atoms with van der Waals surface area (Å²) in [6, 6.07) is 10.6. The lowest BCUT2D eigenvalue weighted by molar-refractivity contribution is -0.122. The smallest absolute Gasteiger partial charge is 0.241 e. The maximum atomic E-state index is 14.0. The second-order valence-corrected chi connectivity index (χ2v) is 7.74. The lowest BCUT2D eigenvalue weighted by atomic mass is 10.1. The minimum atomic E-state index is -0.386. The third-order valence-electron chi connectivity index (χ3n) is 5.67. The van der Waals surface area contributed by atoms with Crippen LogP contribution in [0.5, 0.6) is 0 Å². The predicted octanol–water partition coefficient (Wildman–Crippen LogP) is 4.59. The number of carbonyl (C=O) groups excluding carboxylic acids is 1. The molecule has 2 heterocycles. The van der Waals surface area contributed by atoms with Gasteiger partial charge in [0.1, 0.15) is 23.9 Å². The minimum absolute atomic E-state index is 0.0177. The summed E-state index contributed by atoms with van der Waals surface area (Å²) in [5.41, 5.74) is 2.54. The van der Waals surface area contributed by atoms with Crippen LogP contribution in [-0.2, 0) is 11.3 Å². The van der Waals surface area contributed by atoms with E-state index in [4.69, 9.17) is 0 Å². The molecule has 0 saturated heterocycles. The zero-order chi connectivity index (χ0) is 20.7. The van der Waals surface area contributed by atoms with E-state index in [1.807, 2.05) is 0 Å². The summed E-state index contributed by atoms with van der Waals surface area (Å²) in [5.74, 6) is -0.856. The number of nitrogens with zero attached hydrogens (tertiary/aromatic N) is 3. The molecule has 2 aromatic carbocycles. The fourth-order valence-electron chi connectivity index (χ4n) is 4.24. The van der Waals surface area contributed by atoms with Crippen LogP contribution in [0.1, 0.15) is 25.7 Å². The molecule has 1 aliphatic carbocycles. The summed E-state index contributed by atoms with van der Waals surface area (Å²) in [6.07, 6.45) is 5.90. The highest BCUT2D eigenvalue weighted by atomic mass is 19.1. The van der Waals surface area contributed by atoms with Crippen LogP contribution in [0.2, 0.25) is 0 Å². The summed E-state index contributed by atoms with van der Waals surface area (Å²) in [5, 5.41) is 9.00. The first kappa shape index (κ1) is 18.7. The number of hydrogen-bond donors (Lipinski definition) is 1. The summed E-state index contributed by atoms with van der Waals surface area (Å²) in [7, 11) is 0. The number of benzene rings is 2. The molecular weight excluding hydrogens is 386 g/mol. The van der Waals surface area contributed by atoms with E-state index in [1.165, 1.54) is 24.3 Å². The highest BCUT2D eigenvalue weighted by Crippen LogP contribution is 2.32. The van der Waals surface area contributed by atoms with Crippen LogP contribution in [0.3, 0.4) is 0 Å². The molecule has 0 radical (unpaired) electrons. The molecule has 1 amide bonds. The van der Waals surface area contributed by atoms with Crippen molar-refractivity contribution in [3.05, 3.63) is 60.3 Å². The maximum Gasteiger partial charge on any atom is 0.241 e. The molecule has 4 aromatic rings. The Labute approximate surface area is 171 Å². The van der Waals surface area contributed by atoms with E-state index < -0.39 is 0 Å². The molecule has 1 fully saturated rings. The number of aromatic nitrogens is 3. The molecule has 2 aromatic heterocycles. The molecule has 0 atom stereocenters. The van der Waals surface area contributed by atoms with Gasteiger partial charge in [-0.05, 0) is 55.3 Å². The van der Waals surface area contributed by atoms with Crippen LogP contribution in [0.25, 0.3) is 33.1 Å². The first-order valence-electron chi connectivity index (χ1n) is 10.1. The number of fused-ring (bicyclic) bond motifs is 3.